The molecule has 4 atom stereocenters. The van der Waals surface area contributed by atoms with E-state index in [9.17, 15) is 19.8 Å². The topological polar surface area (TPSA) is 74.6 Å². The van der Waals surface area contributed by atoms with Gasteiger partial charge in [-0.15, -0.1) is 0 Å². The molecule has 0 saturated carbocycles. The largest absolute Gasteiger partial charge is 0.481 e. The van der Waals surface area contributed by atoms with Crippen molar-refractivity contribution in [1.29, 1.82) is 0 Å². The number of rotatable bonds is 2. The summed E-state index contributed by atoms with van der Waals surface area (Å²) in [6, 6.07) is 24.0. The molecule has 0 saturated heterocycles. The Morgan fingerprint density at radius 2 is 0.967 bits per heavy atom. The van der Waals surface area contributed by atoms with Crippen molar-refractivity contribution in [3.8, 4) is 0 Å². The summed E-state index contributed by atoms with van der Waals surface area (Å²) < 4.78 is 0. The molecule has 30 heavy (non-hydrogen) atoms. The normalized spacial score (nSPS) is 23.9. The van der Waals surface area contributed by atoms with Gasteiger partial charge in [0.2, 0.25) is 0 Å². The van der Waals surface area contributed by atoms with Crippen LogP contribution in [0.3, 0.4) is 0 Å². The molecule has 2 bridgehead atoms. The minimum Gasteiger partial charge on any atom is -0.481 e. The maximum Gasteiger partial charge on any atom is 0.308 e. The molecule has 0 radical (unpaired) electrons. The van der Waals surface area contributed by atoms with Gasteiger partial charge in [0.15, 0.2) is 0 Å². The highest BCUT2D eigenvalue weighted by Crippen LogP contribution is 2.61. The third kappa shape index (κ3) is 2.05. The van der Waals surface area contributed by atoms with Crippen LogP contribution in [-0.2, 0) is 9.59 Å². The van der Waals surface area contributed by atoms with E-state index in [0.717, 1.165) is 43.8 Å². The number of carboxylic acids is 2. The van der Waals surface area contributed by atoms with Gasteiger partial charge in [0.25, 0.3) is 0 Å². The maximum absolute atomic E-state index is 12.4. The summed E-state index contributed by atoms with van der Waals surface area (Å²) in [5.74, 6) is -5.08. The Morgan fingerprint density at radius 1 is 0.567 bits per heavy atom. The summed E-state index contributed by atoms with van der Waals surface area (Å²) in [6.07, 6.45) is 0. The Balaban J connectivity index is 1.79. The minimum atomic E-state index is -1.05. The van der Waals surface area contributed by atoms with Gasteiger partial charge in [-0.3, -0.25) is 9.59 Å². The van der Waals surface area contributed by atoms with Crippen LogP contribution < -0.4 is 0 Å². The molecule has 0 fully saturated rings. The predicted molar refractivity (Wildman–Crippen MR) is 114 cm³/mol. The van der Waals surface area contributed by atoms with Gasteiger partial charge in [-0.25, -0.2) is 0 Å². The average Bonchev–Trinajstić information content (AvgIpc) is 2.77. The van der Waals surface area contributed by atoms with E-state index in [4.69, 9.17) is 0 Å². The summed E-state index contributed by atoms with van der Waals surface area (Å²) in [5, 5.41) is 24.4. The smallest absolute Gasteiger partial charge is 0.308 e. The quantitative estimate of drug-likeness (QED) is 0.503. The second-order valence-electron chi connectivity index (χ2n) is 8.26. The van der Waals surface area contributed by atoms with Gasteiger partial charge < -0.3 is 10.2 Å². The van der Waals surface area contributed by atoms with E-state index in [0.29, 0.717) is 0 Å². The first kappa shape index (κ1) is 17.2. The van der Waals surface area contributed by atoms with E-state index in [1.807, 2.05) is 72.8 Å². The lowest BCUT2D eigenvalue weighted by atomic mass is 9.53. The fourth-order valence-corrected chi connectivity index (χ4v) is 5.93. The molecular formula is C26H18O4. The van der Waals surface area contributed by atoms with Crippen molar-refractivity contribution in [2.45, 2.75) is 11.8 Å². The lowest BCUT2D eigenvalue weighted by Gasteiger charge is -2.48. The Morgan fingerprint density at radius 3 is 1.37 bits per heavy atom. The number of fused-ring (bicyclic) bond motifs is 3. The zero-order chi connectivity index (χ0) is 20.6. The molecule has 0 aromatic heterocycles. The molecule has 7 rings (SSSR count). The summed E-state index contributed by atoms with van der Waals surface area (Å²) in [6.45, 7) is 0. The Labute approximate surface area is 172 Å². The number of benzene rings is 4. The minimum absolute atomic E-state index is 0.491. The Bertz CT molecular complexity index is 1280. The third-order valence-corrected chi connectivity index (χ3v) is 6.98. The van der Waals surface area contributed by atoms with Crippen LogP contribution >= 0.6 is 0 Å². The molecule has 4 aromatic rings. The van der Waals surface area contributed by atoms with Crippen LogP contribution in [0.5, 0.6) is 0 Å². The first-order valence-corrected chi connectivity index (χ1v) is 10.1. The molecule has 146 valence electrons. The van der Waals surface area contributed by atoms with Crippen molar-refractivity contribution >= 4 is 33.5 Å². The van der Waals surface area contributed by atoms with E-state index in [-0.39, 0.29) is 0 Å². The van der Waals surface area contributed by atoms with Gasteiger partial charge in [0.1, 0.15) is 0 Å². The van der Waals surface area contributed by atoms with E-state index in [1.54, 1.807) is 0 Å². The molecule has 0 spiro atoms. The summed E-state index contributed by atoms with van der Waals surface area (Å²) in [5.41, 5.74) is 3.86. The van der Waals surface area contributed by atoms with Gasteiger partial charge in [0, 0.05) is 11.8 Å². The first-order valence-electron chi connectivity index (χ1n) is 10.1. The average molecular weight is 394 g/mol. The molecule has 0 aliphatic heterocycles. The van der Waals surface area contributed by atoms with Crippen LogP contribution in [0.1, 0.15) is 34.1 Å². The molecule has 3 aliphatic rings. The van der Waals surface area contributed by atoms with Crippen molar-refractivity contribution in [3.05, 3.63) is 95.1 Å². The molecule has 4 aromatic carbocycles. The zero-order valence-electron chi connectivity index (χ0n) is 15.9. The monoisotopic (exact) mass is 394 g/mol. The highest BCUT2D eigenvalue weighted by Gasteiger charge is 2.56. The first-order chi connectivity index (χ1) is 14.6. The van der Waals surface area contributed by atoms with E-state index < -0.39 is 35.6 Å². The van der Waals surface area contributed by atoms with Crippen LogP contribution in [0, 0.1) is 11.8 Å². The van der Waals surface area contributed by atoms with Crippen LogP contribution in [0.15, 0.2) is 72.8 Å². The third-order valence-electron chi connectivity index (χ3n) is 6.98. The maximum atomic E-state index is 12.4. The van der Waals surface area contributed by atoms with Gasteiger partial charge in [0.05, 0.1) is 11.8 Å². The van der Waals surface area contributed by atoms with Crippen molar-refractivity contribution in [2.75, 3.05) is 0 Å². The number of carbonyl (C=O) groups is 2. The highest BCUT2D eigenvalue weighted by molar-refractivity contribution is 5.97. The van der Waals surface area contributed by atoms with Crippen molar-refractivity contribution in [1.82, 2.24) is 0 Å². The molecule has 0 heterocycles. The SMILES string of the molecule is O=C(O)[C@@H]1[C@H]2c3ccc4ccccc4c3[C@H](c3ccc4ccccc4c32)[C@@H]1C(=O)O. The molecule has 0 unspecified atom stereocenters. The predicted octanol–water partition coefficient (Wildman–Crippen LogP) is 4.99. The van der Waals surface area contributed by atoms with Gasteiger partial charge in [-0.1, -0.05) is 72.8 Å². The molecule has 2 N–H and O–H groups in total. The second kappa shape index (κ2) is 5.92. The number of aliphatic carboxylic acids is 2. The molecule has 4 nitrogen and oxygen atoms in total. The highest BCUT2D eigenvalue weighted by atomic mass is 16.4. The van der Waals surface area contributed by atoms with Crippen LogP contribution in [0.25, 0.3) is 21.5 Å². The lowest BCUT2D eigenvalue weighted by molar-refractivity contribution is -0.156. The standard InChI is InChI=1S/C26H18O4/c27-25(28)23-21-18-12-10-14-6-2-4-8-16(14)20(18)22(24(23)26(29)30)17-11-9-13-5-1-3-7-15(13)19(17)21/h1-12,21-24H,(H,27,28)(H,29,30)/t21-,22-,23-,24+/m0/s1. The fraction of sp³-hybridized carbons (Fsp3) is 0.154. The van der Waals surface area contributed by atoms with Crippen LogP contribution in [0.4, 0.5) is 0 Å². The van der Waals surface area contributed by atoms with Crippen LogP contribution in [0.2, 0.25) is 0 Å². The van der Waals surface area contributed by atoms with Crippen molar-refractivity contribution in [3.63, 3.8) is 0 Å². The van der Waals surface area contributed by atoms with E-state index in [2.05, 4.69) is 0 Å². The summed E-state index contributed by atoms with van der Waals surface area (Å²) in [4.78, 5) is 24.8. The fourth-order valence-electron chi connectivity index (χ4n) is 5.93. The lowest BCUT2D eigenvalue weighted by Crippen LogP contribution is -2.47. The second-order valence-corrected chi connectivity index (χ2v) is 8.26. The van der Waals surface area contributed by atoms with Gasteiger partial charge in [-0.05, 0) is 43.8 Å². The summed E-state index contributed by atoms with van der Waals surface area (Å²) in [7, 11) is 0. The van der Waals surface area contributed by atoms with Crippen molar-refractivity contribution < 1.29 is 19.8 Å². The number of hydrogen-bond donors (Lipinski definition) is 2. The van der Waals surface area contributed by atoms with Crippen LogP contribution in [-0.4, -0.2) is 22.2 Å². The van der Waals surface area contributed by atoms with Gasteiger partial charge >= 0.3 is 11.9 Å². The van der Waals surface area contributed by atoms with Crippen molar-refractivity contribution in [2.24, 2.45) is 11.8 Å². The van der Waals surface area contributed by atoms with Gasteiger partial charge in [-0.2, -0.15) is 0 Å². The number of carboxylic acid groups (broad SMARTS) is 2. The van der Waals surface area contributed by atoms with E-state index >= 15 is 0 Å². The number of hydrogen-bond acceptors (Lipinski definition) is 2. The molecular weight excluding hydrogens is 376 g/mol. The molecule has 3 aliphatic carbocycles. The zero-order valence-corrected chi connectivity index (χ0v) is 15.9. The molecule has 0 amide bonds. The molecule has 4 heteroatoms. The summed E-state index contributed by atoms with van der Waals surface area (Å²) >= 11 is 0. The Hall–Kier alpha value is -3.66. The Kier molecular flexibility index (Phi) is 3.40. The van der Waals surface area contributed by atoms with E-state index in [1.165, 1.54) is 0 Å².